The van der Waals surface area contributed by atoms with Crippen molar-refractivity contribution in [2.45, 2.75) is 12.8 Å². The van der Waals surface area contributed by atoms with Gasteiger partial charge in [-0.1, -0.05) is 18.2 Å². The maximum atomic E-state index is 13.6. The van der Waals surface area contributed by atoms with Crippen molar-refractivity contribution in [2.24, 2.45) is 0 Å². The Balaban J connectivity index is 1.59. The SMILES string of the molecule is O=C(NNC(=S)Nc1ccccc1F)c1cccc(N2CCCC2=O)c1. The number of anilines is 2. The molecule has 0 saturated carbocycles. The van der Waals surface area contributed by atoms with E-state index in [2.05, 4.69) is 16.2 Å². The molecule has 1 heterocycles. The van der Waals surface area contributed by atoms with Crippen LogP contribution in [0.2, 0.25) is 0 Å². The minimum Gasteiger partial charge on any atom is -0.329 e. The highest BCUT2D eigenvalue weighted by atomic mass is 32.1. The van der Waals surface area contributed by atoms with E-state index in [0.717, 1.165) is 6.42 Å². The number of carbonyl (C=O) groups excluding carboxylic acids is 2. The molecule has 3 N–H and O–H groups in total. The smallest absolute Gasteiger partial charge is 0.269 e. The first-order chi connectivity index (χ1) is 12.5. The molecule has 26 heavy (non-hydrogen) atoms. The average Bonchev–Trinajstić information content (AvgIpc) is 3.08. The number of rotatable bonds is 3. The summed E-state index contributed by atoms with van der Waals surface area (Å²) in [5.74, 6) is -0.821. The first kappa shape index (κ1) is 17.8. The minimum atomic E-state index is -0.453. The molecule has 1 saturated heterocycles. The Bertz CT molecular complexity index is 859. The van der Waals surface area contributed by atoms with Gasteiger partial charge < -0.3 is 10.2 Å². The number of nitrogens with zero attached hydrogens (tertiary/aromatic N) is 1. The predicted octanol–water partition coefficient (Wildman–Crippen LogP) is 2.58. The van der Waals surface area contributed by atoms with Crippen LogP contribution < -0.4 is 21.1 Å². The highest BCUT2D eigenvalue weighted by molar-refractivity contribution is 7.80. The second-order valence-electron chi connectivity index (χ2n) is 5.71. The summed E-state index contributed by atoms with van der Waals surface area (Å²) in [4.78, 5) is 25.8. The van der Waals surface area contributed by atoms with E-state index in [1.54, 1.807) is 41.3 Å². The molecule has 0 bridgehead atoms. The van der Waals surface area contributed by atoms with Crippen LogP contribution in [0.4, 0.5) is 15.8 Å². The van der Waals surface area contributed by atoms with Gasteiger partial charge in [0, 0.05) is 24.2 Å². The number of carbonyl (C=O) groups is 2. The molecule has 8 heteroatoms. The number of hydrazine groups is 1. The van der Waals surface area contributed by atoms with Crippen LogP contribution >= 0.6 is 12.2 Å². The van der Waals surface area contributed by atoms with Crippen LogP contribution in [0.15, 0.2) is 48.5 Å². The number of hydrogen-bond acceptors (Lipinski definition) is 3. The van der Waals surface area contributed by atoms with Crippen LogP contribution in [0.5, 0.6) is 0 Å². The van der Waals surface area contributed by atoms with E-state index in [-0.39, 0.29) is 16.7 Å². The third kappa shape index (κ3) is 4.15. The first-order valence-electron chi connectivity index (χ1n) is 8.07. The molecule has 2 amide bonds. The lowest BCUT2D eigenvalue weighted by Crippen LogP contribution is -2.43. The summed E-state index contributed by atoms with van der Waals surface area (Å²) in [5, 5.41) is 2.71. The summed E-state index contributed by atoms with van der Waals surface area (Å²) in [7, 11) is 0. The van der Waals surface area contributed by atoms with Gasteiger partial charge in [0.25, 0.3) is 5.91 Å². The third-order valence-electron chi connectivity index (χ3n) is 3.91. The van der Waals surface area contributed by atoms with Gasteiger partial charge in [-0.05, 0) is 49.0 Å². The summed E-state index contributed by atoms with van der Waals surface area (Å²) < 4.78 is 13.6. The molecule has 2 aromatic carbocycles. The fourth-order valence-corrected chi connectivity index (χ4v) is 2.80. The lowest BCUT2D eigenvalue weighted by atomic mass is 10.2. The largest absolute Gasteiger partial charge is 0.329 e. The Morgan fingerprint density at radius 1 is 1.12 bits per heavy atom. The molecule has 1 fully saturated rings. The van der Waals surface area contributed by atoms with Gasteiger partial charge in [-0.25, -0.2) is 4.39 Å². The van der Waals surface area contributed by atoms with Crippen molar-refractivity contribution in [1.29, 1.82) is 0 Å². The topological polar surface area (TPSA) is 73.5 Å². The molecule has 134 valence electrons. The van der Waals surface area contributed by atoms with Gasteiger partial charge in [0.15, 0.2) is 5.11 Å². The van der Waals surface area contributed by atoms with E-state index in [4.69, 9.17) is 12.2 Å². The summed E-state index contributed by atoms with van der Waals surface area (Å²) >= 11 is 5.04. The molecule has 1 aliphatic heterocycles. The lowest BCUT2D eigenvalue weighted by molar-refractivity contribution is -0.117. The van der Waals surface area contributed by atoms with Crippen molar-refractivity contribution in [2.75, 3.05) is 16.8 Å². The number of benzene rings is 2. The van der Waals surface area contributed by atoms with Crippen molar-refractivity contribution < 1.29 is 14.0 Å². The van der Waals surface area contributed by atoms with Gasteiger partial charge in [0.2, 0.25) is 5.91 Å². The molecule has 1 aliphatic rings. The Morgan fingerprint density at radius 3 is 2.65 bits per heavy atom. The van der Waals surface area contributed by atoms with Crippen LogP contribution in [-0.2, 0) is 4.79 Å². The van der Waals surface area contributed by atoms with Gasteiger partial charge in [0.1, 0.15) is 5.82 Å². The highest BCUT2D eigenvalue weighted by Gasteiger charge is 2.22. The van der Waals surface area contributed by atoms with Crippen LogP contribution in [0.1, 0.15) is 23.2 Å². The van der Waals surface area contributed by atoms with E-state index >= 15 is 0 Å². The molecule has 0 aliphatic carbocycles. The molecule has 0 unspecified atom stereocenters. The molecule has 2 aromatic rings. The molecular weight excluding hydrogens is 355 g/mol. The van der Waals surface area contributed by atoms with Gasteiger partial charge >= 0.3 is 0 Å². The molecule has 6 nitrogen and oxygen atoms in total. The van der Waals surface area contributed by atoms with Gasteiger partial charge in [-0.2, -0.15) is 0 Å². The number of thiocarbonyl (C=S) groups is 1. The van der Waals surface area contributed by atoms with E-state index in [1.165, 1.54) is 12.1 Å². The predicted molar refractivity (Wildman–Crippen MR) is 101 cm³/mol. The molecule has 0 spiro atoms. The maximum Gasteiger partial charge on any atom is 0.269 e. The Kier molecular flexibility index (Phi) is 5.43. The molecule has 0 atom stereocenters. The molecule has 0 radical (unpaired) electrons. The van der Waals surface area contributed by atoms with Crippen molar-refractivity contribution in [3.8, 4) is 0 Å². The third-order valence-corrected chi connectivity index (χ3v) is 4.11. The van der Waals surface area contributed by atoms with Crippen LogP contribution in [0.3, 0.4) is 0 Å². The Labute approximate surface area is 155 Å². The number of hydrogen-bond donors (Lipinski definition) is 3. The number of amides is 2. The Morgan fingerprint density at radius 2 is 1.92 bits per heavy atom. The summed E-state index contributed by atoms with van der Waals surface area (Å²) in [6.45, 7) is 0.652. The number of para-hydroxylation sites is 1. The fourth-order valence-electron chi connectivity index (χ4n) is 2.64. The monoisotopic (exact) mass is 372 g/mol. The van der Waals surface area contributed by atoms with Crippen molar-refractivity contribution in [3.63, 3.8) is 0 Å². The normalized spacial score (nSPS) is 13.4. The molecule has 0 aromatic heterocycles. The second-order valence-corrected chi connectivity index (χ2v) is 6.12. The van der Waals surface area contributed by atoms with E-state index < -0.39 is 11.7 Å². The van der Waals surface area contributed by atoms with E-state index in [9.17, 15) is 14.0 Å². The van der Waals surface area contributed by atoms with Gasteiger partial charge in [-0.15, -0.1) is 0 Å². The summed E-state index contributed by atoms with van der Waals surface area (Å²) in [5.41, 5.74) is 6.24. The van der Waals surface area contributed by atoms with Crippen LogP contribution in [0.25, 0.3) is 0 Å². The average molecular weight is 372 g/mol. The van der Waals surface area contributed by atoms with Crippen LogP contribution in [0, 0.1) is 5.82 Å². The van der Waals surface area contributed by atoms with Gasteiger partial charge in [-0.3, -0.25) is 20.4 Å². The van der Waals surface area contributed by atoms with Crippen LogP contribution in [-0.4, -0.2) is 23.5 Å². The zero-order chi connectivity index (χ0) is 18.5. The Hall–Kier alpha value is -3.00. The number of halogens is 1. The van der Waals surface area contributed by atoms with Crippen molar-refractivity contribution in [3.05, 3.63) is 59.9 Å². The minimum absolute atomic E-state index is 0.0503. The summed E-state index contributed by atoms with van der Waals surface area (Å²) in [6, 6.07) is 12.8. The van der Waals surface area contributed by atoms with Gasteiger partial charge in [0.05, 0.1) is 5.69 Å². The molecule has 3 rings (SSSR count). The standard InChI is InChI=1S/C18H17FN4O2S/c19-14-7-1-2-8-15(14)20-18(26)22-21-17(25)12-5-3-6-13(11-12)23-10-4-9-16(23)24/h1-3,5-8,11H,4,9-10H2,(H,21,25)(H2,20,22,26). The zero-order valence-corrected chi connectivity index (χ0v) is 14.6. The number of nitrogens with one attached hydrogen (secondary N) is 3. The van der Waals surface area contributed by atoms with E-state index in [1.807, 2.05) is 0 Å². The quantitative estimate of drug-likeness (QED) is 0.571. The van der Waals surface area contributed by atoms with Crippen molar-refractivity contribution >= 4 is 40.5 Å². The fraction of sp³-hybridized carbons (Fsp3) is 0.167. The second kappa shape index (κ2) is 7.92. The maximum absolute atomic E-state index is 13.6. The van der Waals surface area contributed by atoms with Crippen molar-refractivity contribution in [1.82, 2.24) is 10.9 Å². The lowest BCUT2D eigenvalue weighted by Gasteiger charge is -2.17. The zero-order valence-electron chi connectivity index (χ0n) is 13.8. The highest BCUT2D eigenvalue weighted by Crippen LogP contribution is 2.22. The first-order valence-corrected chi connectivity index (χ1v) is 8.48. The summed E-state index contributed by atoms with van der Waals surface area (Å²) in [6.07, 6.45) is 1.33. The van der Waals surface area contributed by atoms with E-state index in [0.29, 0.717) is 24.2 Å². The molecular formula is C18H17FN4O2S.